The first-order valence-corrected chi connectivity index (χ1v) is 6.24. The Morgan fingerprint density at radius 3 is 2.20 bits per heavy atom. The summed E-state index contributed by atoms with van der Waals surface area (Å²) in [4.78, 5) is 0. The lowest BCUT2D eigenvalue weighted by Crippen LogP contribution is -2.04. The maximum Gasteiger partial charge on any atom is 0.0655 e. The highest BCUT2D eigenvalue weighted by atomic mass is 15.3. The lowest BCUT2D eigenvalue weighted by Gasteiger charge is -2.12. The predicted molar refractivity (Wildman–Crippen MR) is 65.2 cm³/mol. The maximum absolute atomic E-state index is 4.66. The van der Waals surface area contributed by atoms with Gasteiger partial charge in [-0.1, -0.05) is 26.7 Å². The van der Waals surface area contributed by atoms with Crippen molar-refractivity contribution in [3.05, 3.63) is 18.0 Å². The summed E-state index contributed by atoms with van der Waals surface area (Å²) in [5.74, 6) is 0.667. The number of aromatic nitrogens is 2. The Balaban J connectivity index is 2.72. The average molecular weight is 208 g/mol. The quantitative estimate of drug-likeness (QED) is 0.686. The van der Waals surface area contributed by atoms with E-state index >= 15 is 0 Å². The summed E-state index contributed by atoms with van der Waals surface area (Å²) in [6.07, 6.45) is 7.14. The lowest BCUT2D eigenvalue weighted by atomic mass is 9.95. The van der Waals surface area contributed by atoms with E-state index in [-0.39, 0.29) is 0 Å². The first kappa shape index (κ1) is 12.3. The summed E-state index contributed by atoms with van der Waals surface area (Å²) in [5, 5.41) is 4.66. The van der Waals surface area contributed by atoms with Crippen molar-refractivity contribution in [1.82, 2.24) is 9.78 Å². The Morgan fingerprint density at radius 1 is 1.20 bits per heavy atom. The van der Waals surface area contributed by atoms with Gasteiger partial charge < -0.3 is 0 Å². The first-order chi connectivity index (χ1) is 7.19. The largest absolute Gasteiger partial charge is 0.270 e. The molecule has 0 unspecified atom stereocenters. The van der Waals surface area contributed by atoms with Gasteiger partial charge in [0.2, 0.25) is 0 Å². The minimum absolute atomic E-state index is 0.475. The molecule has 0 amide bonds. The molecule has 0 saturated carbocycles. The highest BCUT2D eigenvalue weighted by Gasteiger charge is 2.13. The molecule has 0 bridgehead atoms. The van der Waals surface area contributed by atoms with E-state index < -0.39 is 0 Å². The van der Waals surface area contributed by atoms with Crippen LogP contribution in [0, 0.1) is 0 Å². The van der Waals surface area contributed by atoms with Crippen molar-refractivity contribution < 1.29 is 0 Å². The van der Waals surface area contributed by atoms with Crippen LogP contribution in [0.4, 0.5) is 0 Å². The Hall–Kier alpha value is -0.790. The van der Waals surface area contributed by atoms with E-state index in [2.05, 4.69) is 49.7 Å². The molecule has 0 aromatic carbocycles. The minimum atomic E-state index is 0.475. The van der Waals surface area contributed by atoms with Gasteiger partial charge in [0.15, 0.2) is 0 Å². The van der Waals surface area contributed by atoms with Crippen LogP contribution >= 0.6 is 0 Å². The van der Waals surface area contributed by atoms with Crippen molar-refractivity contribution in [2.45, 2.75) is 65.3 Å². The van der Waals surface area contributed by atoms with Crippen LogP contribution in [0.5, 0.6) is 0 Å². The molecule has 86 valence electrons. The third-order valence-electron chi connectivity index (χ3n) is 2.85. The fourth-order valence-corrected chi connectivity index (χ4v) is 2.00. The third-order valence-corrected chi connectivity index (χ3v) is 2.85. The van der Waals surface area contributed by atoms with Crippen molar-refractivity contribution in [3.8, 4) is 0 Å². The number of nitrogens with zero attached hydrogens (tertiary/aromatic N) is 2. The topological polar surface area (TPSA) is 17.8 Å². The summed E-state index contributed by atoms with van der Waals surface area (Å²) >= 11 is 0. The molecule has 2 heteroatoms. The van der Waals surface area contributed by atoms with Gasteiger partial charge in [0.1, 0.15) is 0 Å². The van der Waals surface area contributed by atoms with Crippen molar-refractivity contribution >= 4 is 0 Å². The highest BCUT2D eigenvalue weighted by molar-refractivity contribution is 5.06. The number of rotatable bonds is 6. The fourth-order valence-electron chi connectivity index (χ4n) is 2.00. The molecule has 0 N–H and O–H groups in total. The second-order valence-corrected chi connectivity index (χ2v) is 4.59. The van der Waals surface area contributed by atoms with E-state index in [4.69, 9.17) is 0 Å². The Labute approximate surface area is 93.7 Å². The maximum atomic E-state index is 4.66. The SMILES string of the molecule is CCCC(CCC)c1ccn(C(C)C)n1. The standard InChI is InChI=1S/C13H24N2/c1-5-7-12(8-6-2)13-9-10-15(14-13)11(3)4/h9-12H,5-8H2,1-4H3. The van der Waals surface area contributed by atoms with E-state index in [1.807, 2.05) is 0 Å². The van der Waals surface area contributed by atoms with Crippen molar-refractivity contribution in [3.63, 3.8) is 0 Å². The van der Waals surface area contributed by atoms with Crippen LogP contribution in [-0.4, -0.2) is 9.78 Å². The molecule has 1 heterocycles. The molecule has 0 aliphatic rings. The zero-order chi connectivity index (χ0) is 11.3. The van der Waals surface area contributed by atoms with Crippen LogP contribution in [-0.2, 0) is 0 Å². The van der Waals surface area contributed by atoms with Gasteiger partial charge in [0.25, 0.3) is 0 Å². The second-order valence-electron chi connectivity index (χ2n) is 4.59. The fraction of sp³-hybridized carbons (Fsp3) is 0.769. The van der Waals surface area contributed by atoms with Crippen molar-refractivity contribution in [1.29, 1.82) is 0 Å². The third kappa shape index (κ3) is 3.37. The normalized spacial score (nSPS) is 11.6. The number of hydrogen-bond acceptors (Lipinski definition) is 1. The van der Waals surface area contributed by atoms with Gasteiger partial charge in [0.05, 0.1) is 5.69 Å². The van der Waals surface area contributed by atoms with Crippen LogP contribution in [0.1, 0.15) is 71.0 Å². The van der Waals surface area contributed by atoms with E-state index in [0.29, 0.717) is 12.0 Å². The van der Waals surface area contributed by atoms with E-state index in [0.717, 1.165) is 0 Å². The molecule has 0 aliphatic carbocycles. The molecule has 0 fully saturated rings. The van der Waals surface area contributed by atoms with Crippen LogP contribution in [0.25, 0.3) is 0 Å². The molecule has 0 aliphatic heterocycles. The zero-order valence-corrected chi connectivity index (χ0v) is 10.5. The van der Waals surface area contributed by atoms with Crippen LogP contribution in [0.3, 0.4) is 0 Å². The van der Waals surface area contributed by atoms with Crippen LogP contribution in [0.2, 0.25) is 0 Å². The second kappa shape index (κ2) is 5.94. The molecule has 0 radical (unpaired) electrons. The Bertz CT molecular complexity index is 270. The number of hydrogen-bond donors (Lipinski definition) is 0. The summed E-state index contributed by atoms with van der Waals surface area (Å²) < 4.78 is 2.06. The lowest BCUT2D eigenvalue weighted by molar-refractivity contribution is 0.497. The van der Waals surface area contributed by atoms with Gasteiger partial charge in [-0.25, -0.2) is 0 Å². The Kier molecular flexibility index (Phi) is 4.86. The Morgan fingerprint density at radius 2 is 1.80 bits per heavy atom. The summed E-state index contributed by atoms with van der Waals surface area (Å²) in [6, 6.07) is 2.67. The van der Waals surface area contributed by atoms with Gasteiger partial charge in [0, 0.05) is 18.2 Å². The van der Waals surface area contributed by atoms with E-state index in [9.17, 15) is 0 Å². The predicted octanol–water partition coefficient (Wildman–Crippen LogP) is 4.15. The molecular weight excluding hydrogens is 184 g/mol. The summed E-state index contributed by atoms with van der Waals surface area (Å²) in [5.41, 5.74) is 1.28. The summed E-state index contributed by atoms with van der Waals surface area (Å²) in [7, 11) is 0. The molecule has 0 atom stereocenters. The molecule has 0 saturated heterocycles. The van der Waals surface area contributed by atoms with Crippen molar-refractivity contribution in [2.24, 2.45) is 0 Å². The smallest absolute Gasteiger partial charge is 0.0655 e. The molecule has 15 heavy (non-hydrogen) atoms. The monoisotopic (exact) mass is 208 g/mol. The molecule has 0 spiro atoms. The zero-order valence-electron chi connectivity index (χ0n) is 10.5. The van der Waals surface area contributed by atoms with Gasteiger partial charge in [-0.05, 0) is 32.8 Å². The van der Waals surface area contributed by atoms with Gasteiger partial charge >= 0.3 is 0 Å². The van der Waals surface area contributed by atoms with Gasteiger partial charge in [-0.2, -0.15) is 5.10 Å². The van der Waals surface area contributed by atoms with E-state index in [1.54, 1.807) is 0 Å². The molecule has 1 aromatic heterocycles. The molecular formula is C13H24N2. The highest BCUT2D eigenvalue weighted by Crippen LogP contribution is 2.25. The average Bonchev–Trinajstić information content (AvgIpc) is 2.66. The van der Waals surface area contributed by atoms with Crippen LogP contribution in [0.15, 0.2) is 12.3 Å². The molecule has 2 nitrogen and oxygen atoms in total. The first-order valence-electron chi connectivity index (χ1n) is 6.24. The minimum Gasteiger partial charge on any atom is -0.270 e. The van der Waals surface area contributed by atoms with E-state index in [1.165, 1.54) is 31.4 Å². The summed E-state index contributed by atoms with van der Waals surface area (Å²) in [6.45, 7) is 8.85. The molecule has 1 rings (SSSR count). The van der Waals surface area contributed by atoms with Gasteiger partial charge in [-0.15, -0.1) is 0 Å². The van der Waals surface area contributed by atoms with Gasteiger partial charge in [-0.3, -0.25) is 4.68 Å². The molecule has 1 aromatic rings. The van der Waals surface area contributed by atoms with Crippen LogP contribution < -0.4 is 0 Å². The van der Waals surface area contributed by atoms with Crippen molar-refractivity contribution in [2.75, 3.05) is 0 Å².